The van der Waals surface area contributed by atoms with Crippen molar-refractivity contribution in [1.82, 2.24) is 9.38 Å². The van der Waals surface area contributed by atoms with Gasteiger partial charge in [-0.1, -0.05) is 36.4 Å². The lowest BCUT2D eigenvalue weighted by Gasteiger charge is -2.06. The zero-order valence-corrected chi connectivity index (χ0v) is 10.8. The summed E-state index contributed by atoms with van der Waals surface area (Å²) < 4.78 is 2.04. The van der Waals surface area contributed by atoms with Crippen LogP contribution in [-0.4, -0.2) is 9.38 Å². The summed E-state index contributed by atoms with van der Waals surface area (Å²) in [6.07, 6.45) is 3.87. The van der Waals surface area contributed by atoms with E-state index in [9.17, 15) is 0 Å². The molecule has 0 amide bonds. The smallest absolute Gasteiger partial charge is 0.212 e. The van der Waals surface area contributed by atoms with Crippen LogP contribution in [0.2, 0.25) is 0 Å². The maximum absolute atomic E-state index is 4.42. The van der Waals surface area contributed by atoms with E-state index in [4.69, 9.17) is 0 Å². The van der Waals surface area contributed by atoms with Crippen molar-refractivity contribution >= 4 is 27.9 Å². The van der Waals surface area contributed by atoms with E-state index in [0.717, 1.165) is 17.2 Å². The van der Waals surface area contributed by atoms with Gasteiger partial charge in [0.15, 0.2) is 0 Å². The predicted molar refractivity (Wildman–Crippen MR) is 82.4 cm³/mol. The summed E-state index contributed by atoms with van der Waals surface area (Å²) in [5, 5.41) is 5.83. The Kier molecular flexibility index (Phi) is 2.42. The molecule has 4 aromatic rings. The zero-order chi connectivity index (χ0) is 13.4. The largest absolute Gasteiger partial charge is 0.325 e. The Morgan fingerprint density at radius 3 is 2.65 bits per heavy atom. The summed E-state index contributed by atoms with van der Waals surface area (Å²) in [5.74, 6) is 0.830. The molecule has 0 radical (unpaired) electrons. The Morgan fingerprint density at radius 1 is 0.850 bits per heavy atom. The summed E-state index contributed by atoms with van der Waals surface area (Å²) >= 11 is 0. The van der Waals surface area contributed by atoms with Crippen LogP contribution in [0.5, 0.6) is 0 Å². The van der Waals surface area contributed by atoms with E-state index < -0.39 is 0 Å². The van der Waals surface area contributed by atoms with Crippen molar-refractivity contribution in [2.45, 2.75) is 0 Å². The molecule has 0 unspecified atom stereocenters. The van der Waals surface area contributed by atoms with Gasteiger partial charge in [0, 0.05) is 11.9 Å². The molecule has 0 aliphatic heterocycles. The highest BCUT2D eigenvalue weighted by molar-refractivity contribution is 5.86. The fraction of sp³-hybridized carbons (Fsp3) is 0. The van der Waals surface area contributed by atoms with Crippen LogP contribution in [0.3, 0.4) is 0 Å². The number of nitrogens with one attached hydrogen (secondary N) is 1. The quantitative estimate of drug-likeness (QED) is 0.583. The molecule has 0 aliphatic rings. The maximum Gasteiger partial charge on any atom is 0.212 e. The van der Waals surface area contributed by atoms with Gasteiger partial charge in [0.2, 0.25) is 5.95 Å². The highest BCUT2D eigenvalue weighted by Gasteiger charge is 2.03. The van der Waals surface area contributed by atoms with Gasteiger partial charge in [0.1, 0.15) is 0 Å². The second-order valence-corrected chi connectivity index (χ2v) is 4.76. The van der Waals surface area contributed by atoms with E-state index >= 15 is 0 Å². The number of fused-ring (bicyclic) bond motifs is 2. The van der Waals surface area contributed by atoms with Crippen molar-refractivity contribution in [3.05, 3.63) is 73.1 Å². The molecule has 0 atom stereocenters. The first-order valence-corrected chi connectivity index (χ1v) is 6.58. The normalized spacial score (nSPS) is 11.0. The number of hydrogen-bond acceptors (Lipinski definition) is 2. The van der Waals surface area contributed by atoms with Gasteiger partial charge in [-0.2, -0.15) is 0 Å². The molecule has 96 valence electrons. The topological polar surface area (TPSA) is 29.3 Å². The third kappa shape index (κ3) is 1.80. The Hall–Kier alpha value is -2.81. The molecule has 0 aliphatic carbocycles. The molecular formula is C17H13N3. The van der Waals surface area contributed by atoms with Gasteiger partial charge in [-0.3, -0.25) is 4.40 Å². The number of hydrogen-bond donors (Lipinski definition) is 1. The number of anilines is 2. The summed E-state index contributed by atoms with van der Waals surface area (Å²) in [7, 11) is 0. The highest BCUT2D eigenvalue weighted by atomic mass is 15.2. The fourth-order valence-electron chi connectivity index (χ4n) is 2.43. The first-order valence-electron chi connectivity index (χ1n) is 6.58. The Balaban J connectivity index is 1.76. The Labute approximate surface area is 116 Å². The standard InChI is InChI=1S/C17H13N3/c1-2-6-14-11-15(9-8-13(14)5-1)19-17-18-12-16-7-3-4-10-20(16)17/h1-12H,(H,18,19). The van der Waals surface area contributed by atoms with Crippen molar-refractivity contribution < 1.29 is 0 Å². The molecule has 2 heterocycles. The van der Waals surface area contributed by atoms with Crippen LogP contribution in [0.4, 0.5) is 11.6 Å². The van der Waals surface area contributed by atoms with Crippen LogP contribution in [0.1, 0.15) is 0 Å². The van der Waals surface area contributed by atoms with E-state index in [1.807, 2.05) is 35.0 Å². The van der Waals surface area contributed by atoms with Gasteiger partial charge >= 0.3 is 0 Å². The first-order chi connectivity index (χ1) is 9.90. The number of nitrogens with zero attached hydrogens (tertiary/aromatic N) is 2. The Morgan fingerprint density at radius 2 is 1.70 bits per heavy atom. The number of rotatable bonds is 2. The van der Waals surface area contributed by atoms with E-state index in [1.54, 1.807) is 0 Å². The van der Waals surface area contributed by atoms with Crippen LogP contribution in [0.25, 0.3) is 16.3 Å². The van der Waals surface area contributed by atoms with Gasteiger partial charge in [-0.15, -0.1) is 0 Å². The highest BCUT2D eigenvalue weighted by Crippen LogP contribution is 2.22. The van der Waals surface area contributed by atoms with E-state index in [2.05, 4.69) is 52.8 Å². The summed E-state index contributed by atoms with van der Waals surface area (Å²) in [4.78, 5) is 4.42. The lowest BCUT2D eigenvalue weighted by molar-refractivity contribution is 1.15. The molecule has 20 heavy (non-hydrogen) atoms. The monoisotopic (exact) mass is 259 g/mol. The van der Waals surface area contributed by atoms with Crippen LogP contribution >= 0.6 is 0 Å². The molecule has 2 aromatic heterocycles. The lowest BCUT2D eigenvalue weighted by Crippen LogP contribution is -1.96. The predicted octanol–water partition coefficient (Wildman–Crippen LogP) is 4.23. The van der Waals surface area contributed by atoms with Crippen molar-refractivity contribution in [2.24, 2.45) is 0 Å². The summed E-state index contributed by atoms with van der Waals surface area (Å²) in [6.45, 7) is 0. The van der Waals surface area contributed by atoms with Crippen molar-refractivity contribution in [1.29, 1.82) is 0 Å². The molecule has 3 heteroatoms. The van der Waals surface area contributed by atoms with Gasteiger partial charge in [-0.25, -0.2) is 4.98 Å². The van der Waals surface area contributed by atoms with Crippen LogP contribution in [0, 0.1) is 0 Å². The SMILES string of the molecule is c1ccc2cc(Nc3ncc4ccccn34)ccc2c1. The van der Waals surface area contributed by atoms with Crippen LogP contribution in [0.15, 0.2) is 73.1 Å². The number of pyridine rings is 1. The molecule has 0 saturated carbocycles. The van der Waals surface area contributed by atoms with Crippen LogP contribution < -0.4 is 5.32 Å². The second kappa shape index (κ2) is 4.38. The average molecular weight is 259 g/mol. The molecule has 4 rings (SSSR count). The minimum absolute atomic E-state index is 0.830. The van der Waals surface area contributed by atoms with Gasteiger partial charge < -0.3 is 5.32 Å². The van der Waals surface area contributed by atoms with Crippen molar-refractivity contribution in [3.63, 3.8) is 0 Å². The third-order valence-corrected chi connectivity index (χ3v) is 3.44. The molecule has 2 aromatic carbocycles. The number of aromatic nitrogens is 2. The summed E-state index contributed by atoms with van der Waals surface area (Å²) in [5.41, 5.74) is 2.12. The Bertz CT molecular complexity index is 893. The lowest BCUT2D eigenvalue weighted by atomic mass is 10.1. The number of benzene rings is 2. The van der Waals surface area contributed by atoms with Gasteiger partial charge in [0.25, 0.3) is 0 Å². The average Bonchev–Trinajstić information content (AvgIpc) is 2.91. The second-order valence-electron chi connectivity index (χ2n) is 4.76. The maximum atomic E-state index is 4.42. The van der Waals surface area contributed by atoms with E-state index in [-0.39, 0.29) is 0 Å². The zero-order valence-electron chi connectivity index (χ0n) is 10.8. The van der Waals surface area contributed by atoms with Crippen LogP contribution in [-0.2, 0) is 0 Å². The molecule has 0 spiro atoms. The van der Waals surface area contributed by atoms with Gasteiger partial charge in [-0.05, 0) is 35.0 Å². The third-order valence-electron chi connectivity index (χ3n) is 3.44. The van der Waals surface area contributed by atoms with E-state index in [1.165, 1.54) is 10.8 Å². The molecule has 1 N–H and O–H groups in total. The molecule has 0 saturated heterocycles. The number of imidazole rings is 1. The van der Waals surface area contributed by atoms with Crippen molar-refractivity contribution in [2.75, 3.05) is 5.32 Å². The minimum Gasteiger partial charge on any atom is -0.325 e. The molecule has 0 fully saturated rings. The molecule has 3 nitrogen and oxygen atoms in total. The van der Waals surface area contributed by atoms with Gasteiger partial charge in [0.05, 0.1) is 11.7 Å². The molecule has 0 bridgehead atoms. The minimum atomic E-state index is 0.830. The molecular weight excluding hydrogens is 246 g/mol. The summed E-state index contributed by atoms with van der Waals surface area (Å²) in [6, 6.07) is 20.7. The van der Waals surface area contributed by atoms with E-state index in [0.29, 0.717) is 0 Å². The fourth-order valence-corrected chi connectivity index (χ4v) is 2.43. The first kappa shape index (κ1) is 11.1. The van der Waals surface area contributed by atoms with Crippen molar-refractivity contribution in [3.8, 4) is 0 Å².